The third-order valence-corrected chi connectivity index (χ3v) is 2.45. The fourth-order valence-corrected chi connectivity index (χ4v) is 1.62. The van der Waals surface area contributed by atoms with E-state index >= 15 is 0 Å². The highest BCUT2D eigenvalue weighted by molar-refractivity contribution is 5.77. The Morgan fingerprint density at radius 3 is 3.19 bits per heavy atom. The monoisotopic (exact) mass is 223 g/mol. The van der Waals surface area contributed by atoms with Gasteiger partial charge in [-0.05, 0) is 13.0 Å². The third kappa shape index (κ3) is 2.11. The van der Waals surface area contributed by atoms with Crippen LogP contribution in [0.1, 0.15) is 5.69 Å². The number of ether oxygens (including phenoxy) is 1. The van der Waals surface area contributed by atoms with Gasteiger partial charge in [0, 0.05) is 18.4 Å². The normalized spacial score (nSPS) is 20.8. The number of morpholine rings is 1. The predicted molar refractivity (Wildman–Crippen MR) is 56.4 cm³/mol. The van der Waals surface area contributed by atoms with Crippen LogP contribution in [0.4, 0.5) is 5.95 Å². The molecule has 16 heavy (non-hydrogen) atoms. The van der Waals surface area contributed by atoms with Crippen LogP contribution in [0.25, 0.3) is 0 Å². The molecule has 0 amide bonds. The van der Waals surface area contributed by atoms with Crippen LogP contribution >= 0.6 is 0 Å². The summed E-state index contributed by atoms with van der Waals surface area (Å²) in [4.78, 5) is 21.0. The summed E-state index contributed by atoms with van der Waals surface area (Å²) in [5, 5.41) is 9.06. The molecule has 1 aromatic rings. The van der Waals surface area contributed by atoms with E-state index in [1.807, 2.05) is 6.92 Å². The molecule has 0 saturated carbocycles. The molecule has 1 unspecified atom stereocenters. The lowest BCUT2D eigenvalue weighted by atomic mass is 10.2. The molecular formula is C10H13N3O3. The van der Waals surface area contributed by atoms with Crippen molar-refractivity contribution in [3.63, 3.8) is 0 Å². The third-order valence-electron chi connectivity index (χ3n) is 2.45. The SMILES string of the molecule is Cc1ccnc(N2CCOCC2C(=O)O)n1. The highest BCUT2D eigenvalue weighted by Crippen LogP contribution is 2.15. The van der Waals surface area contributed by atoms with Crippen molar-refractivity contribution in [3.8, 4) is 0 Å². The number of nitrogens with zero attached hydrogens (tertiary/aromatic N) is 3. The van der Waals surface area contributed by atoms with Crippen molar-refractivity contribution in [2.24, 2.45) is 0 Å². The number of aryl methyl sites for hydroxylation is 1. The van der Waals surface area contributed by atoms with Crippen molar-refractivity contribution in [1.82, 2.24) is 9.97 Å². The summed E-state index contributed by atoms with van der Waals surface area (Å²) in [5.41, 5.74) is 0.820. The largest absolute Gasteiger partial charge is 0.480 e. The lowest BCUT2D eigenvalue weighted by Crippen LogP contribution is -2.50. The Kier molecular flexibility index (Phi) is 3.00. The van der Waals surface area contributed by atoms with Crippen LogP contribution in [-0.2, 0) is 9.53 Å². The maximum Gasteiger partial charge on any atom is 0.328 e. The highest BCUT2D eigenvalue weighted by atomic mass is 16.5. The molecule has 2 heterocycles. The van der Waals surface area contributed by atoms with Gasteiger partial charge in [-0.25, -0.2) is 14.8 Å². The minimum absolute atomic E-state index is 0.173. The minimum atomic E-state index is -0.912. The first-order valence-electron chi connectivity index (χ1n) is 5.05. The summed E-state index contributed by atoms with van der Waals surface area (Å²) in [6.07, 6.45) is 1.63. The fraction of sp³-hybridized carbons (Fsp3) is 0.500. The molecule has 0 aliphatic carbocycles. The summed E-state index contributed by atoms with van der Waals surface area (Å²) in [6, 6.07) is 1.08. The van der Waals surface area contributed by atoms with E-state index in [-0.39, 0.29) is 6.61 Å². The van der Waals surface area contributed by atoms with Crippen LogP contribution in [-0.4, -0.2) is 46.8 Å². The molecule has 1 saturated heterocycles. The Labute approximate surface area is 92.9 Å². The number of carboxylic acid groups (broad SMARTS) is 1. The van der Waals surface area contributed by atoms with Gasteiger partial charge in [0.1, 0.15) is 0 Å². The number of hydrogen-bond acceptors (Lipinski definition) is 5. The average molecular weight is 223 g/mol. The Bertz CT molecular complexity index is 397. The second kappa shape index (κ2) is 4.44. The van der Waals surface area contributed by atoms with Gasteiger partial charge in [0.05, 0.1) is 13.2 Å². The van der Waals surface area contributed by atoms with Crippen molar-refractivity contribution in [2.45, 2.75) is 13.0 Å². The van der Waals surface area contributed by atoms with Gasteiger partial charge < -0.3 is 14.7 Å². The van der Waals surface area contributed by atoms with E-state index in [2.05, 4.69) is 9.97 Å². The van der Waals surface area contributed by atoms with Gasteiger partial charge in [-0.3, -0.25) is 0 Å². The molecule has 0 radical (unpaired) electrons. The molecule has 1 atom stereocenters. The number of aromatic nitrogens is 2. The van der Waals surface area contributed by atoms with E-state index in [0.717, 1.165) is 5.69 Å². The van der Waals surface area contributed by atoms with Crippen LogP contribution in [0.2, 0.25) is 0 Å². The summed E-state index contributed by atoms with van der Waals surface area (Å²) in [6.45, 7) is 3.02. The number of aliphatic carboxylic acids is 1. The zero-order valence-corrected chi connectivity index (χ0v) is 8.96. The first-order valence-corrected chi connectivity index (χ1v) is 5.05. The number of carbonyl (C=O) groups is 1. The summed E-state index contributed by atoms with van der Waals surface area (Å²) < 4.78 is 5.15. The first-order chi connectivity index (χ1) is 7.68. The van der Waals surface area contributed by atoms with Crippen LogP contribution in [0.15, 0.2) is 12.3 Å². The van der Waals surface area contributed by atoms with E-state index in [1.165, 1.54) is 0 Å². The van der Waals surface area contributed by atoms with Gasteiger partial charge in [-0.2, -0.15) is 0 Å². The minimum Gasteiger partial charge on any atom is -0.480 e. The van der Waals surface area contributed by atoms with Crippen molar-refractivity contribution < 1.29 is 14.6 Å². The van der Waals surface area contributed by atoms with Crippen molar-refractivity contribution >= 4 is 11.9 Å². The molecule has 6 heteroatoms. The zero-order chi connectivity index (χ0) is 11.5. The number of carboxylic acids is 1. The maximum absolute atomic E-state index is 11.0. The molecule has 1 aliphatic heterocycles. The Morgan fingerprint density at radius 2 is 2.50 bits per heavy atom. The average Bonchev–Trinajstić information content (AvgIpc) is 2.29. The molecule has 1 N–H and O–H groups in total. The van der Waals surface area contributed by atoms with E-state index < -0.39 is 12.0 Å². The van der Waals surface area contributed by atoms with Crippen molar-refractivity contribution in [2.75, 3.05) is 24.7 Å². The molecular weight excluding hydrogens is 210 g/mol. The van der Waals surface area contributed by atoms with Crippen LogP contribution in [0.3, 0.4) is 0 Å². The quantitative estimate of drug-likeness (QED) is 0.765. The van der Waals surface area contributed by atoms with Crippen molar-refractivity contribution in [3.05, 3.63) is 18.0 Å². The molecule has 0 aromatic carbocycles. The van der Waals surface area contributed by atoms with Crippen LogP contribution in [0, 0.1) is 6.92 Å². The number of hydrogen-bond donors (Lipinski definition) is 1. The molecule has 6 nitrogen and oxygen atoms in total. The molecule has 0 bridgehead atoms. The molecule has 0 spiro atoms. The standard InChI is InChI=1S/C10H13N3O3/c1-7-2-3-11-10(12-7)13-4-5-16-6-8(13)9(14)15/h2-3,8H,4-6H2,1H3,(H,14,15). The van der Waals surface area contributed by atoms with E-state index in [9.17, 15) is 4.79 Å². The second-order valence-corrected chi connectivity index (χ2v) is 3.62. The van der Waals surface area contributed by atoms with Crippen LogP contribution < -0.4 is 4.90 Å². The van der Waals surface area contributed by atoms with Gasteiger partial charge in [0.2, 0.25) is 5.95 Å². The lowest BCUT2D eigenvalue weighted by Gasteiger charge is -2.32. The number of anilines is 1. The molecule has 2 rings (SSSR count). The molecule has 1 aliphatic rings. The van der Waals surface area contributed by atoms with Gasteiger partial charge in [-0.15, -0.1) is 0 Å². The second-order valence-electron chi connectivity index (χ2n) is 3.62. The summed E-state index contributed by atoms with van der Waals surface area (Å²) in [5.74, 6) is -0.458. The summed E-state index contributed by atoms with van der Waals surface area (Å²) >= 11 is 0. The highest BCUT2D eigenvalue weighted by Gasteiger charge is 2.30. The van der Waals surface area contributed by atoms with Crippen molar-refractivity contribution in [1.29, 1.82) is 0 Å². The first kappa shape index (κ1) is 10.8. The van der Waals surface area contributed by atoms with Gasteiger partial charge >= 0.3 is 5.97 Å². The lowest BCUT2D eigenvalue weighted by molar-refractivity contribution is -0.141. The number of rotatable bonds is 2. The Balaban J connectivity index is 2.26. The molecule has 1 fully saturated rings. The van der Waals surface area contributed by atoms with E-state index in [0.29, 0.717) is 19.1 Å². The van der Waals surface area contributed by atoms with Gasteiger partial charge in [0.15, 0.2) is 6.04 Å². The smallest absolute Gasteiger partial charge is 0.328 e. The van der Waals surface area contributed by atoms with Gasteiger partial charge in [0.25, 0.3) is 0 Å². The summed E-state index contributed by atoms with van der Waals surface area (Å²) in [7, 11) is 0. The Hall–Kier alpha value is -1.69. The zero-order valence-electron chi connectivity index (χ0n) is 8.96. The predicted octanol–water partition coefficient (Wildman–Crippen LogP) is 0.0748. The molecule has 1 aromatic heterocycles. The Morgan fingerprint density at radius 1 is 1.69 bits per heavy atom. The maximum atomic E-state index is 11.0. The molecule has 86 valence electrons. The topological polar surface area (TPSA) is 75.6 Å². The van der Waals surface area contributed by atoms with E-state index in [4.69, 9.17) is 9.84 Å². The van der Waals surface area contributed by atoms with Crippen LogP contribution in [0.5, 0.6) is 0 Å². The van der Waals surface area contributed by atoms with E-state index in [1.54, 1.807) is 17.2 Å². The fourth-order valence-electron chi connectivity index (χ4n) is 1.62. The van der Waals surface area contributed by atoms with Gasteiger partial charge in [-0.1, -0.05) is 0 Å².